The van der Waals surface area contributed by atoms with Crippen LogP contribution >= 0.6 is 11.3 Å². The summed E-state index contributed by atoms with van der Waals surface area (Å²) in [6.45, 7) is 3.71. The van der Waals surface area contributed by atoms with Gasteiger partial charge in [0, 0.05) is 42.6 Å². The normalized spacial score (nSPS) is 24.6. The van der Waals surface area contributed by atoms with Crippen LogP contribution in [0.5, 0.6) is 5.75 Å². The third-order valence-electron chi connectivity index (χ3n) is 7.67. The number of nitrogen functional groups attached to an aromatic ring is 1. The van der Waals surface area contributed by atoms with Gasteiger partial charge < -0.3 is 26.3 Å². The van der Waals surface area contributed by atoms with Crippen LogP contribution in [0.3, 0.4) is 0 Å². The van der Waals surface area contributed by atoms with E-state index in [2.05, 4.69) is 20.4 Å². The number of H-pyrrole nitrogens is 1. The third kappa shape index (κ3) is 4.74. The first-order valence-electron chi connectivity index (χ1n) is 12.8. The number of fused-ring (bicyclic) bond motifs is 3. The highest BCUT2D eigenvalue weighted by Crippen LogP contribution is 2.49. The van der Waals surface area contributed by atoms with E-state index in [-0.39, 0.29) is 17.9 Å². The molecule has 36 heavy (non-hydrogen) atoms. The number of carbonyl (C=O) groups excluding carboxylic acids is 1. The zero-order chi connectivity index (χ0) is 24.6. The van der Waals surface area contributed by atoms with Crippen LogP contribution in [0.4, 0.5) is 17.5 Å². The van der Waals surface area contributed by atoms with Gasteiger partial charge in [-0.25, -0.2) is 4.98 Å². The number of nitrogens with one attached hydrogen (secondary N) is 2. The molecule has 192 valence electrons. The number of thiophene rings is 1. The summed E-state index contributed by atoms with van der Waals surface area (Å²) < 4.78 is 12.3. The number of primary amides is 1. The Morgan fingerprint density at radius 3 is 2.72 bits per heavy atom. The molecule has 0 radical (unpaired) electrons. The van der Waals surface area contributed by atoms with Gasteiger partial charge in [-0.15, -0.1) is 11.3 Å². The lowest BCUT2D eigenvalue weighted by Crippen LogP contribution is -2.46. The molecule has 4 heterocycles. The Kier molecular flexibility index (Phi) is 6.44. The SMILES string of the molecule is NC(=O)C[C@H]1CCc2sc3nc(Nc4cc(N)[nH]n4)cc(OC4CCC(N5CCOCC5)CC4)c3c21. The number of aromatic amines is 1. The Morgan fingerprint density at radius 1 is 1.19 bits per heavy atom. The summed E-state index contributed by atoms with van der Waals surface area (Å²) in [7, 11) is 0. The molecular formula is C25H33N7O3S. The minimum Gasteiger partial charge on any atom is -0.490 e. The van der Waals surface area contributed by atoms with Crippen molar-refractivity contribution in [3.05, 3.63) is 22.6 Å². The van der Waals surface area contributed by atoms with Gasteiger partial charge >= 0.3 is 0 Å². The highest BCUT2D eigenvalue weighted by atomic mass is 32.1. The summed E-state index contributed by atoms with van der Waals surface area (Å²) in [5.74, 6) is 2.44. The Labute approximate surface area is 213 Å². The molecular weight excluding hydrogens is 478 g/mol. The van der Waals surface area contributed by atoms with Gasteiger partial charge in [-0.3, -0.25) is 14.8 Å². The van der Waals surface area contributed by atoms with Crippen molar-refractivity contribution < 1.29 is 14.3 Å². The quantitative estimate of drug-likeness (QED) is 0.378. The van der Waals surface area contributed by atoms with Crippen molar-refractivity contribution in [1.82, 2.24) is 20.1 Å². The van der Waals surface area contributed by atoms with Crippen molar-refractivity contribution >= 4 is 44.9 Å². The number of nitrogens with zero attached hydrogens (tertiary/aromatic N) is 3. The largest absolute Gasteiger partial charge is 0.490 e. The van der Waals surface area contributed by atoms with Crippen molar-refractivity contribution in [2.45, 2.75) is 63.0 Å². The standard InChI is InChI=1S/C25H33N7O3S/c26-19-13-22(31-30-19)28-21-12-17(35-16-4-2-15(3-5-16)32-7-9-34-10-8-32)24-23-14(11-20(27)33)1-6-18(23)36-25(24)29-21/h12-16H,1-11H2,(H2,27,33)(H4,26,28,29,30,31)/t14-,15?,16?/m1/s1. The van der Waals surface area contributed by atoms with Crippen LogP contribution in [0.2, 0.25) is 0 Å². The van der Waals surface area contributed by atoms with Crippen LogP contribution in [0.25, 0.3) is 10.2 Å². The van der Waals surface area contributed by atoms with Crippen molar-refractivity contribution in [1.29, 1.82) is 0 Å². The predicted octanol–water partition coefficient (Wildman–Crippen LogP) is 3.27. The Balaban J connectivity index is 1.28. The molecule has 2 fully saturated rings. The zero-order valence-corrected chi connectivity index (χ0v) is 21.1. The monoisotopic (exact) mass is 511 g/mol. The van der Waals surface area contributed by atoms with Gasteiger partial charge in [0.25, 0.3) is 0 Å². The van der Waals surface area contributed by atoms with Gasteiger partial charge in [0.1, 0.15) is 22.2 Å². The first-order chi connectivity index (χ1) is 17.5. The minimum absolute atomic E-state index is 0.123. The van der Waals surface area contributed by atoms with Crippen LogP contribution in [0, 0.1) is 0 Å². The summed E-state index contributed by atoms with van der Waals surface area (Å²) in [4.78, 5) is 21.4. The number of morpholine rings is 1. The Hall–Kier alpha value is -2.89. The average molecular weight is 512 g/mol. The molecule has 6 rings (SSSR count). The summed E-state index contributed by atoms with van der Waals surface area (Å²) in [5, 5.41) is 11.2. The molecule has 3 aromatic heterocycles. The van der Waals surface area contributed by atoms with E-state index in [1.165, 1.54) is 10.4 Å². The highest BCUT2D eigenvalue weighted by molar-refractivity contribution is 7.19. The molecule has 2 aliphatic carbocycles. The Bertz CT molecular complexity index is 1240. The van der Waals surface area contributed by atoms with E-state index in [1.807, 2.05) is 6.07 Å². The lowest BCUT2D eigenvalue weighted by molar-refractivity contribution is -0.118. The maximum Gasteiger partial charge on any atom is 0.218 e. The molecule has 0 aromatic carbocycles. The maximum absolute atomic E-state index is 11.8. The van der Waals surface area contributed by atoms with Gasteiger partial charge in [0.05, 0.1) is 24.7 Å². The number of anilines is 3. The highest BCUT2D eigenvalue weighted by Gasteiger charge is 2.33. The van der Waals surface area contributed by atoms with Gasteiger partial charge in [0.2, 0.25) is 5.91 Å². The molecule has 3 aliphatic rings. The second-order valence-corrected chi connectivity index (χ2v) is 11.1. The number of pyridine rings is 1. The van der Waals surface area contributed by atoms with Crippen LogP contribution in [-0.4, -0.2) is 64.4 Å². The van der Waals surface area contributed by atoms with Gasteiger partial charge in [-0.2, -0.15) is 5.10 Å². The summed E-state index contributed by atoms with van der Waals surface area (Å²) in [5.41, 5.74) is 12.6. The van der Waals surface area contributed by atoms with Crippen molar-refractivity contribution in [2.24, 2.45) is 5.73 Å². The van der Waals surface area contributed by atoms with Crippen molar-refractivity contribution in [2.75, 3.05) is 37.4 Å². The molecule has 0 unspecified atom stereocenters. The topological polar surface area (TPSA) is 144 Å². The van der Waals surface area contributed by atoms with Crippen LogP contribution in [0.15, 0.2) is 12.1 Å². The number of aromatic nitrogens is 3. The number of rotatable bonds is 7. The number of carbonyl (C=O) groups is 1. The van der Waals surface area contributed by atoms with E-state index in [4.69, 9.17) is 25.9 Å². The Morgan fingerprint density at radius 2 is 2.00 bits per heavy atom. The number of nitrogens with two attached hydrogens (primary N) is 2. The third-order valence-corrected chi connectivity index (χ3v) is 8.83. The molecule has 10 nitrogen and oxygen atoms in total. The number of hydrogen-bond acceptors (Lipinski definition) is 9. The van der Waals surface area contributed by atoms with Crippen molar-refractivity contribution in [3.8, 4) is 5.75 Å². The van der Waals surface area contributed by atoms with Gasteiger partial charge in [-0.05, 0) is 50.0 Å². The molecule has 11 heteroatoms. The van der Waals surface area contributed by atoms with Gasteiger partial charge in [-0.1, -0.05) is 0 Å². The fourth-order valence-electron chi connectivity index (χ4n) is 5.99. The maximum atomic E-state index is 11.8. The fourth-order valence-corrected chi connectivity index (χ4v) is 7.27. The van der Waals surface area contributed by atoms with Crippen LogP contribution in [-0.2, 0) is 16.0 Å². The molecule has 0 bridgehead atoms. The van der Waals surface area contributed by atoms with E-state index in [0.29, 0.717) is 29.9 Å². The predicted molar refractivity (Wildman–Crippen MR) is 140 cm³/mol. The number of ether oxygens (including phenoxy) is 2. The van der Waals surface area contributed by atoms with E-state index in [1.54, 1.807) is 17.4 Å². The van der Waals surface area contributed by atoms with Crippen LogP contribution < -0.4 is 21.5 Å². The van der Waals surface area contributed by atoms with E-state index in [9.17, 15) is 4.79 Å². The fraction of sp³-hybridized carbons (Fsp3) is 0.560. The van der Waals surface area contributed by atoms with E-state index < -0.39 is 0 Å². The smallest absolute Gasteiger partial charge is 0.218 e. The molecule has 1 atom stereocenters. The zero-order valence-electron chi connectivity index (χ0n) is 20.3. The molecule has 1 saturated carbocycles. The summed E-state index contributed by atoms with van der Waals surface area (Å²) in [6.07, 6.45) is 6.67. The molecule has 3 aromatic rings. The molecule has 1 saturated heterocycles. The number of hydrogen-bond donors (Lipinski definition) is 4. The van der Waals surface area contributed by atoms with E-state index in [0.717, 1.165) is 80.8 Å². The first kappa shape index (κ1) is 23.5. The lowest BCUT2D eigenvalue weighted by Gasteiger charge is -2.38. The second-order valence-electron chi connectivity index (χ2n) is 10.1. The summed E-state index contributed by atoms with van der Waals surface area (Å²) in [6, 6.07) is 4.31. The molecule has 0 spiro atoms. The first-order valence-corrected chi connectivity index (χ1v) is 13.7. The van der Waals surface area contributed by atoms with Crippen LogP contribution in [0.1, 0.15) is 54.9 Å². The molecule has 6 N–H and O–H groups in total. The molecule has 1 aliphatic heterocycles. The van der Waals surface area contributed by atoms with Crippen molar-refractivity contribution in [3.63, 3.8) is 0 Å². The lowest BCUT2D eigenvalue weighted by atomic mass is 9.91. The summed E-state index contributed by atoms with van der Waals surface area (Å²) >= 11 is 1.69. The average Bonchev–Trinajstić information content (AvgIpc) is 3.56. The molecule has 1 amide bonds. The van der Waals surface area contributed by atoms with Gasteiger partial charge in [0.15, 0.2) is 5.82 Å². The number of aryl methyl sites for hydroxylation is 1. The van der Waals surface area contributed by atoms with E-state index >= 15 is 0 Å². The second kappa shape index (κ2) is 9.87. The number of amides is 1. The minimum atomic E-state index is -0.265.